The van der Waals surface area contributed by atoms with Crippen molar-refractivity contribution in [2.24, 2.45) is 0 Å². The van der Waals surface area contributed by atoms with Crippen LogP contribution in [-0.4, -0.2) is 67.9 Å². The van der Waals surface area contributed by atoms with Crippen molar-refractivity contribution in [3.8, 4) is 5.75 Å². The van der Waals surface area contributed by atoms with Gasteiger partial charge in [-0.25, -0.2) is 14.0 Å². The quantitative estimate of drug-likeness (QED) is 0.203. The van der Waals surface area contributed by atoms with Gasteiger partial charge in [0, 0.05) is 17.4 Å². The minimum Gasteiger partial charge on any atom is -0.479 e. The van der Waals surface area contributed by atoms with E-state index in [4.69, 9.17) is 20.4 Å². The van der Waals surface area contributed by atoms with Crippen molar-refractivity contribution in [3.63, 3.8) is 0 Å². The number of nitrogens with zero attached hydrogens (tertiary/aromatic N) is 2. The van der Waals surface area contributed by atoms with E-state index in [-0.39, 0.29) is 12.1 Å². The number of anilines is 1. The van der Waals surface area contributed by atoms with E-state index in [2.05, 4.69) is 15.0 Å². The van der Waals surface area contributed by atoms with Crippen molar-refractivity contribution in [3.05, 3.63) is 89.5 Å². The number of aliphatic hydroxyl groups excluding tert-OH is 2. The van der Waals surface area contributed by atoms with Gasteiger partial charge in [0.15, 0.2) is 12.2 Å². The number of aliphatic carboxylic acids is 2. The van der Waals surface area contributed by atoms with Crippen LogP contribution in [0.1, 0.15) is 43.1 Å². The summed E-state index contributed by atoms with van der Waals surface area (Å²) >= 11 is 0. The van der Waals surface area contributed by atoms with Crippen LogP contribution in [0, 0.1) is 5.82 Å². The first-order valence-corrected chi connectivity index (χ1v) is 13.7. The average Bonchev–Trinajstić information content (AvgIpc) is 3.30. The molecule has 0 unspecified atom stereocenters. The lowest BCUT2D eigenvalue weighted by molar-refractivity contribution is -0.274. The highest BCUT2D eigenvalue weighted by atomic mass is 19.4. The minimum absolute atomic E-state index is 0.153. The smallest absolute Gasteiger partial charge is 0.479 e. The largest absolute Gasteiger partial charge is 0.573 e. The molecule has 3 aromatic rings. The van der Waals surface area contributed by atoms with E-state index in [1.807, 2.05) is 0 Å². The van der Waals surface area contributed by atoms with E-state index < -0.39 is 77.5 Å². The molecule has 2 aromatic carbocycles. The fourth-order valence-electron chi connectivity index (χ4n) is 4.71. The van der Waals surface area contributed by atoms with Gasteiger partial charge in [0.25, 0.3) is 0 Å². The molecule has 5 N–H and O–H groups in total. The normalized spacial score (nSPS) is 18.1. The van der Waals surface area contributed by atoms with Crippen molar-refractivity contribution in [2.45, 2.75) is 62.6 Å². The Morgan fingerprint density at radius 2 is 1.52 bits per heavy atom. The lowest BCUT2D eigenvalue weighted by Crippen LogP contribution is -2.47. The van der Waals surface area contributed by atoms with Gasteiger partial charge in [-0.2, -0.15) is 13.2 Å². The Morgan fingerprint density at radius 1 is 0.938 bits per heavy atom. The van der Waals surface area contributed by atoms with Gasteiger partial charge in [-0.05, 0) is 73.9 Å². The molecule has 1 aliphatic rings. The number of nitrogens with one attached hydrogen (secondary N) is 1. The Bertz CT molecular complexity index is 1580. The molecule has 4 rings (SSSR count). The summed E-state index contributed by atoms with van der Waals surface area (Å²) in [4.78, 5) is 38.0. The molecule has 0 saturated carbocycles. The maximum absolute atomic E-state index is 14.0. The van der Waals surface area contributed by atoms with Crippen molar-refractivity contribution in [1.82, 2.24) is 10.3 Å². The van der Waals surface area contributed by atoms with Crippen LogP contribution in [0.3, 0.4) is 0 Å². The number of amides is 1. The summed E-state index contributed by atoms with van der Waals surface area (Å²) in [5.74, 6) is -4.99. The predicted octanol–water partition coefficient (Wildman–Crippen LogP) is 4.39. The molecule has 0 aliphatic carbocycles. The number of carbonyl (C=O) groups excluding carboxylic acids is 1. The number of hydrogen-bond acceptors (Lipinski definition) is 8. The van der Waals surface area contributed by atoms with Gasteiger partial charge in [-0.3, -0.25) is 15.1 Å². The predicted molar refractivity (Wildman–Crippen MR) is 151 cm³/mol. The van der Waals surface area contributed by atoms with Gasteiger partial charge in [-0.1, -0.05) is 18.2 Å². The Hall–Kier alpha value is -4.81. The number of aromatic nitrogens is 1. The van der Waals surface area contributed by atoms with E-state index in [1.54, 1.807) is 19.9 Å². The maximum atomic E-state index is 14.0. The van der Waals surface area contributed by atoms with Gasteiger partial charge in [0.1, 0.15) is 17.3 Å². The SMILES string of the molecule is CC(C)(N[C@@H]1C[C@H](c2cccc(F)c2)N(c2ccc(OC(F)(F)F)cc2)C1=O)c1ccc(C(F)(F)F)nc1.O=C(O)[C@H](O)[C@@H](O)C(=O)O. The number of hydrogen-bond donors (Lipinski definition) is 5. The van der Waals surface area contributed by atoms with E-state index in [0.29, 0.717) is 11.1 Å². The molecule has 1 aromatic heterocycles. The molecule has 2 heterocycles. The minimum atomic E-state index is -4.89. The van der Waals surface area contributed by atoms with Crippen LogP contribution in [0.15, 0.2) is 66.9 Å². The van der Waals surface area contributed by atoms with Crippen LogP contribution in [0.4, 0.5) is 36.4 Å². The number of pyridine rings is 1. The van der Waals surface area contributed by atoms with Crippen molar-refractivity contribution >= 4 is 23.5 Å². The summed E-state index contributed by atoms with van der Waals surface area (Å²) < 4.78 is 94.4. The molecule has 48 heavy (non-hydrogen) atoms. The van der Waals surface area contributed by atoms with Crippen molar-refractivity contribution < 1.29 is 70.3 Å². The standard InChI is InChI=1S/C26H22F7N3O2.C4H6O6/c1-24(2,16-6-11-22(34-14-16)25(28,29)30)35-20-13-21(15-4-3-5-17(27)12-15)36(23(20)37)18-7-9-19(10-8-18)38-26(31,32)33;5-1(3(7)8)2(6)4(9)10/h3-12,14,20-21,35H,13H2,1-2H3;1-2,5-6H,(H,7,8)(H,9,10)/t20-,21-;1-,2-/m11/s1. The second-order valence-electron chi connectivity index (χ2n) is 10.9. The van der Waals surface area contributed by atoms with Gasteiger partial charge >= 0.3 is 24.5 Å². The van der Waals surface area contributed by atoms with Gasteiger partial charge < -0.3 is 30.1 Å². The van der Waals surface area contributed by atoms with Gasteiger partial charge in [-0.15, -0.1) is 13.2 Å². The first-order valence-electron chi connectivity index (χ1n) is 13.7. The summed E-state index contributed by atoms with van der Waals surface area (Å²) in [6.45, 7) is 3.35. The number of rotatable bonds is 9. The van der Waals surface area contributed by atoms with E-state index in [9.17, 15) is 45.1 Å². The zero-order valence-corrected chi connectivity index (χ0v) is 24.8. The Balaban J connectivity index is 0.000000542. The fraction of sp³-hybridized carbons (Fsp3) is 0.333. The number of halogens is 7. The van der Waals surface area contributed by atoms with Crippen LogP contribution >= 0.6 is 0 Å². The van der Waals surface area contributed by atoms with Gasteiger partial charge in [0.05, 0.1) is 12.1 Å². The highest BCUT2D eigenvalue weighted by Crippen LogP contribution is 2.40. The summed E-state index contributed by atoms with van der Waals surface area (Å²) in [6, 6.07) is 10.9. The molecule has 1 aliphatic heterocycles. The first kappa shape index (κ1) is 37.6. The molecule has 0 radical (unpaired) electrons. The summed E-state index contributed by atoms with van der Waals surface area (Å²) in [5, 5.41) is 35.7. The zero-order valence-electron chi connectivity index (χ0n) is 24.8. The second-order valence-corrected chi connectivity index (χ2v) is 10.9. The average molecular weight is 692 g/mol. The lowest BCUT2D eigenvalue weighted by atomic mass is 9.93. The molecule has 11 nitrogen and oxygen atoms in total. The molecule has 4 atom stereocenters. The molecule has 0 spiro atoms. The lowest BCUT2D eigenvalue weighted by Gasteiger charge is -2.30. The van der Waals surface area contributed by atoms with Crippen LogP contribution in [0.25, 0.3) is 0 Å². The molecule has 1 saturated heterocycles. The number of carboxylic acid groups (broad SMARTS) is 2. The third kappa shape index (κ3) is 9.61. The number of ether oxygens (including phenoxy) is 1. The van der Waals surface area contributed by atoms with Gasteiger partial charge in [0.2, 0.25) is 5.91 Å². The number of carboxylic acids is 2. The Morgan fingerprint density at radius 3 is 1.98 bits per heavy atom. The molecular weight excluding hydrogens is 663 g/mol. The van der Waals surface area contributed by atoms with Crippen molar-refractivity contribution in [2.75, 3.05) is 4.90 Å². The fourth-order valence-corrected chi connectivity index (χ4v) is 4.71. The molecule has 260 valence electrons. The monoisotopic (exact) mass is 691 g/mol. The zero-order chi connectivity index (χ0) is 36.2. The summed E-state index contributed by atoms with van der Waals surface area (Å²) in [5.41, 5.74) is -0.925. The molecule has 0 bridgehead atoms. The number of alkyl halides is 6. The molecule has 18 heteroatoms. The van der Waals surface area contributed by atoms with Crippen LogP contribution in [-0.2, 0) is 26.1 Å². The number of aliphatic hydroxyl groups is 2. The van der Waals surface area contributed by atoms with E-state index in [0.717, 1.165) is 24.4 Å². The third-order valence-electron chi connectivity index (χ3n) is 7.00. The second kappa shape index (κ2) is 14.5. The van der Waals surface area contributed by atoms with Crippen LogP contribution in [0.2, 0.25) is 0 Å². The maximum Gasteiger partial charge on any atom is 0.573 e. The summed E-state index contributed by atoms with van der Waals surface area (Å²) in [6.07, 6.45) is -12.8. The van der Waals surface area contributed by atoms with E-state index >= 15 is 0 Å². The number of carbonyl (C=O) groups is 3. The molecule has 1 fully saturated rings. The Kier molecular flexibility index (Phi) is 11.4. The molecule has 1 amide bonds. The van der Waals surface area contributed by atoms with Crippen LogP contribution < -0.4 is 15.0 Å². The topological polar surface area (TPSA) is 170 Å². The highest BCUT2D eigenvalue weighted by molar-refractivity contribution is 6.00. The van der Waals surface area contributed by atoms with Crippen molar-refractivity contribution in [1.29, 1.82) is 0 Å². The molecular formula is C30H28F7N3O8. The third-order valence-corrected chi connectivity index (χ3v) is 7.00. The van der Waals surface area contributed by atoms with Crippen LogP contribution in [0.5, 0.6) is 5.75 Å². The summed E-state index contributed by atoms with van der Waals surface area (Å²) in [7, 11) is 0. The highest BCUT2D eigenvalue weighted by Gasteiger charge is 2.44. The number of benzene rings is 2. The Labute approximate surface area is 267 Å². The van der Waals surface area contributed by atoms with E-state index in [1.165, 1.54) is 41.3 Å². The first-order chi connectivity index (χ1) is 22.1.